The van der Waals surface area contributed by atoms with E-state index < -0.39 is 12.0 Å². The van der Waals surface area contributed by atoms with Gasteiger partial charge < -0.3 is 19.9 Å². The van der Waals surface area contributed by atoms with Crippen molar-refractivity contribution >= 4 is 40.0 Å². The number of ether oxygens (including phenoxy) is 1. The maximum Gasteiger partial charge on any atom is 0.254 e. The number of methoxy groups -OCH3 is 1. The highest BCUT2D eigenvalue weighted by Gasteiger charge is 2.43. The summed E-state index contributed by atoms with van der Waals surface area (Å²) >= 11 is 6.26. The third kappa shape index (κ3) is 3.52. The highest BCUT2D eigenvalue weighted by molar-refractivity contribution is 6.32. The summed E-state index contributed by atoms with van der Waals surface area (Å²) in [7, 11) is 3.28. The number of nitrogens with one attached hydrogen (secondary N) is 2. The monoisotopic (exact) mass is 459 g/mol. The molecule has 166 valence electrons. The third-order valence-corrected chi connectivity index (χ3v) is 6.52. The molecule has 3 aromatic carbocycles. The van der Waals surface area contributed by atoms with E-state index in [1.54, 1.807) is 36.2 Å². The van der Waals surface area contributed by atoms with Crippen LogP contribution >= 0.6 is 11.6 Å². The van der Waals surface area contributed by atoms with Gasteiger partial charge in [0.05, 0.1) is 24.1 Å². The average Bonchev–Trinajstić information content (AvgIpc) is 3.25. The first-order valence-corrected chi connectivity index (χ1v) is 10.9. The van der Waals surface area contributed by atoms with Crippen LogP contribution in [0.4, 0.5) is 5.69 Å². The van der Waals surface area contributed by atoms with Crippen molar-refractivity contribution < 1.29 is 14.3 Å². The first-order chi connectivity index (χ1) is 16.0. The van der Waals surface area contributed by atoms with Crippen LogP contribution in [-0.4, -0.2) is 35.9 Å². The van der Waals surface area contributed by atoms with Gasteiger partial charge in [0.15, 0.2) is 0 Å². The van der Waals surface area contributed by atoms with Crippen LogP contribution in [0.15, 0.2) is 72.9 Å². The number of halogens is 1. The number of para-hydroxylation sites is 1. The second-order valence-corrected chi connectivity index (χ2v) is 8.46. The summed E-state index contributed by atoms with van der Waals surface area (Å²) < 4.78 is 5.21. The zero-order valence-corrected chi connectivity index (χ0v) is 18.9. The molecule has 33 heavy (non-hydrogen) atoms. The zero-order valence-electron chi connectivity index (χ0n) is 18.1. The minimum absolute atomic E-state index is 0.113. The van der Waals surface area contributed by atoms with Crippen molar-refractivity contribution in [3.63, 3.8) is 0 Å². The molecule has 2 N–H and O–H groups in total. The molecule has 2 atom stereocenters. The SMILES string of the molecule is COc1ccc(NC(=O)[C@H]2c3ccccc3C(=O)N(C)[C@H]2c2c[nH]c3ccccc23)cc1Cl. The van der Waals surface area contributed by atoms with Crippen LogP contribution in [0.1, 0.15) is 33.4 Å². The normalized spacial score (nSPS) is 17.7. The van der Waals surface area contributed by atoms with Gasteiger partial charge in [-0.05, 0) is 35.9 Å². The Bertz CT molecular complexity index is 1380. The van der Waals surface area contributed by atoms with Crippen LogP contribution < -0.4 is 10.1 Å². The molecule has 1 aromatic heterocycles. The lowest BCUT2D eigenvalue weighted by Crippen LogP contribution is -2.44. The molecular weight excluding hydrogens is 438 g/mol. The molecule has 0 aliphatic carbocycles. The number of H-pyrrole nitrogens is 1. The average molecular weight is 460 g/mol. The Morgan fingerprint density at radius 1 is 1.06 bits per heavy atom. The Hall–Kier alpha value is -3.77. The quantitative estimate of drug-likeness (QED) is 0.430. The van der Waals surface area contributed by atoms with Crippen molar-refractivity contribution in [2.24, 2.45) is 0 Å². The van der Waals surface area contributed by atoms with Gasteiger partial charge in [-0.15, -0.1) is 0 Å². The molecule has 5 rings (SSSR count). The minimum atomic E-state index is -0.621. The Balaban J connectivity index is 1.62. The number of fused-ring (bicyclic) bond motifs is 2. The number of carbonyl (C=O) groups is 2. The molecule has 4 aromatic rings. The molecule has 2 amide bonds. The number of likely N-dealkylation sites (N-methyl/N-ethyl adjacent to an activating group) is 1. The van der Waals surface area contributed by atoms with E-state index in [1.165, 1.54) is 7.11 Å². The van der Waals surface area contributed by atoms with Crippen molar-refractivity contribution in [1.29, 1.82) is 0 Å². The molecule has 6 nitrogen and oxygen atoms in total. The summed E-state index contributed by atoms with van der Waals surface area (Å²) in [5.41, 5.74) is 3.63. The number of aromatic amines is 1. The van der Waals surface area contributed by atoms with Crippen LogP contribution in [0.25, 0.3) is 10.9 Å². The van der Waals surface area contributed by atoms with E-state index >= 15 is 0 Å². The van der Waals surface area contributed by atoms with Gasteiger partial charge in [-0.1, -0.05) is 48.0 Å². The number of benzene rings is 3. The molecule has 2 heterocycles. The molecule has 0 radical (unpaired) electrons. The van der Waals surface area contributed by atoms with Gasteiger partial charge in [0.1, 0.15) is 5.75 Å². The predicted octanol–water partition coefficient (Wildman–Crippen LogP) is 5.38. The summed E-state index contributed by atoms with van der Waals surface area (Å²) in [6, 6.07) is 19.8. The molecule has 0 saturated heterocycles. The second kappa shape index (κ2) is 8.30. The van der Waals surface area contributed by atoms with Crippen molar-refractivity contribution in [1.82, 2.24) is 9.88 Å². The van der Waals surface area contributed by atoms with E-state index in [4.69, 9.17) is 16.3 Å². The Morgan fingerprint density at radius 3 is 2.61 bits per heavy atom. The molecule has 0 saturated carbocycles. The van der Waals surface area contributed by atoms with E-state index in [2.05, 4.69) is 10.3 Å². The summed E-state index contributed by atoms with van der Waals surface area (Å²) in [6.45, 7) is 0. The van der Waals surface area contributed by atoms with Gasteiger partial charge in [0, 0.05) is 41.0 Å². The largest absolute Gasteiger partial charge is 0.495 e. The minimum Gasteiger partial charge on any atom is -0.495 e. The van der Waals surface area contributed by atoms with Crippen LogP contribution in [0.2, 0.25) is 5.02 Å². The number of nitrogens with zero attached hydrogens (tertiary/aromatic N) is 1. The van der Waals surface area contributed by atoms with Gasteiger partial charge in [-0.2, -0.15) is 0 Å². The van der Waals surface area contributed by atoms with E-state index in [9.17, 15) is 9.59 Å². The highest BCUT2D eigenvalue weighted by Crippen LogP contribution is 2.44. The van der Waals surface area contributed by atoms with Crippen molar-refractivity contribution in [2.75, 3.05) is 19.5 Å². The van der Waals surface area contributed by atoms with Crippen molar-refractivity contribution in [3.8, 4) is 5.75 Å². The second-order valence-electron chi connectivity index (χ2n) is 8.05. The topological polar surface area (TPSA) is 74.4 Å². The van der Waals surface area contributed by atoms with Crippen molar-refractivity contribution in [2.45, 2.75) is 12.0 Å². The molecule has 1 aliphatic rings. The van der Waals surface area contributed by atoms with E-state index in [0.29, 0.717) is 27.6 Å². The van der Waals surface area contributed by atoms with Gasteiger partial charge in [0.25, 0.3) is 5.91 Å². The standard InChI is InChI=1S/C26H22ClN3O3/c1-30-24(19-14-28-21-10-6-5-7-16(19)21)23(17-8-3-4-9-18(17)26(30)32)25(31)29-15-11-12-22(33-2)20(27)13-15/h3-14,23-24,28H,1-2H3,(H,29,31)/t23-,24-/m0/s1. The third-order valence-electron chi connectivity index (χ3n) is 6.22. The predicted molar refractivity (Wildman–Crippen MR) is 129 cm³/mol. The summed E-state index contributed by atoms with van der Waals surface area (Å²) in [5, 5.41) is 4.37. The summed E-state index contributed by atoms with van der Waals surface area (Å²) in [6.07, 6.45) is 1.89. The smallest absolute Gasteiger partial charge is 0.254 e. The lowest BCUT2D eigenvalue weighted by Gasteiger charge is -2.39. The number of carbonyl (C=O) groups excluding carboxylic acids is 2. The molecular formula is C26H22ClN3O3. The summed E-state index contributed by atoms with van der Waals surface area (Å²) in [4.78, 5) is 31.9. The fourth-order valence-corrected chi connectivity index (χ4v) is 4.91. The van der Waals surface area contributed by atoms with Crippen molar-refractivity contribution in [3.05, 3.63) is 94.6 Å². The lowest BCUT2D eigenvalue weighted by molar-refractivity contribution is -0.119. The number of hydrogen-bond donors (Lipinski definition) is 2. The molecule has 0 spiro atoms. The Kier molecular flexibility index (Phi) is 5.30. The fourth-order valence-electron chi connectivity index (χ4n) is 4.65. The lowest BCUT2D eigenvalue weighted by atomic mass is 9.79. The van der Waals surface area contributed by atoms with Crippen LogP contribution in [0.5, 0.6) is 5.75 Å². The molecule has 7 heteroatoms. The number of anilines is 1. The van der Waals surface area contributed by atoms with Gasteiger partial charge in [0.2, 0.25) is 5.91 Å². The number of rotatable bonds is 4. The maximum atomic E-state index is 13.8. The van der Waals surface area contributed by atoms with Crippen LogP contribution in [0, 0.1) is 0 Å². The van der Waals surface area contributed by atoms with Gasteiger partial charge in [-0.25, -0.2) is 0 Å². The number of aromatic nitrogens is 1. The Morgan fingerprint density at radius 2 is 1.82 bits per heavy atom. The van der Waals surface area contributed by atoms with Gasteiger partial charge in [-0.3, -0.25) is 9.59 Å². The Labute approximate surface area is 196 Å². The molecule has 0 unspecified atom stereocenters. The number of amides is 2. The van der Waals surface area contributed by atoms with Gasteiger partial charge >= 0.3 is 0 Å². The van der Waals surface area contributed by atoms with E-state index in [1.807, 2.05) is 48.7 Å². The fraction of sp³-hybridized carbons (Fsp3) is 0.154. The highest BCUT2D eigenvalue weighted by atomic mass is 35.5. The van der Waals surface area contributed by atoms with Crippen LogP contribution in [0.3, 0.4) is 0 Å². The first-order valence-electron chi connectivity index (χ1n) is 10.6. The number of hydrogen-bond acceptors (Lipinski definition) is 3. The zero-order chi connectivity index (χ0) is 23.1. The first kappa shape index (κ1) is 21.1. The van der Waals surface area contributed by atoms with E-state index in [-0.39, 0.29) is 11.8 Å². The van der Waals surface area contributed by atoms with E-state index in [0.717, 1.165) is 16.5 Å². The molecule has 0 bridgehead atoms. The maximum absolute atomic E-state index is 13.8. The molecule has 1 aliphatic heterocycles. The van der Waals surface area contributed by atoms with Crippen LogP contribution in [-0.2, 0) is 4.79 Å². The molecule has 0 fully saturated rings. The summed E-state index contributed by atoms with van der Waals surface area (Å²) in [5.74, 6) is -0.431.